The predicted octanol–water partition coefficient (Wildman–Crippen LogP) is 2.23. The number of nitrogens with two attached hydrogens (primary N) is 1. The van der Waals surface area contributed by atoms with E-state index in [1.165, 1.54) is 7.11 Å². The maximum Gasteiger partial charge on any atom is 0.183 e. The maximum absolute atomic E-state index is 12.8. The predicted molar refractivity (Wildman–Crippen MR) is 79.5 cm³/mol. The van der Waals surface area contributed by atoms with Crippen LogP contribution in [0.3, 0.4) is 0 Å². The van der Waals surface area contributed by atoms with Crippen LogP contribution in [-0.2, 0) is 9.84 Å². The van der Waals surface area contributed by atoms with E-state index in [1.807, 2.05) is 6.92 Å². The molecule has 4 unspecified atom stereocenters. The third-order valence-electron chi connectivity index (χ3n) is 4.16. The molecule has 1 saturated carbocycles. The standard InChI is InChI=1S/C15H23NO3S/c1-10-7-11(2)15(14(16)8-10)20(17,18)13-6-4-5-12(9-13)19-3/h4-6,9-11,14-15H,7-8,16H2,1-3H3. The molecule has 0 bridgehead atoms. The molecule has 1 aliphatic carbocycles. The molecule has 1 aromatic rings. The van der Waals surface area contributed by atoms with Crippen LogP contribution in [0.4, 0.5) is 0 Å². The molecule has 0 heterocycles. The van der Waals surface area contributed by atoms with Gasteiger partial charge in [0.25, 0.3) is 0 Å². The van der Waals surface area contributed by atoms with Crippen molar-refractivity contribution in [2.45, 2.75) is 42.9 Å². The van der Waals surface area contributed by atoms with Crippen molar-refractivity contribution in [2.24, 2.45) is 17.6 Å². The highest BCUT2D eigenvalue weighted by Crippen LogP contribution is 2.35. The molecule has 4 atom stereocenters. The molecule has 2 rings (SSSR count). The van der Waals surface area contributed by atoms with Crippen LogP contribution >= 0.6 is 0 Å². The zero-order valence-electron chi connectivity index (χ0n) is 12.2. The monoisotopic (exact) mass is 297 g/mol. The zero-order valence-corrected chi connectivity index (χ0v) is 13.1. The van der Waals surface area contributed by atoms with E-state index in [9.17, 15) is 8.42 Å². The zero-order chi connectivity index (χ0) is 14.9. The third kappa shape index (κ3) is 2.83. The molecule has 20 heavy (non-hydrogen) atoms. The number of methoxy groups -OCH3 is 1. The first-order valence-corrected chi connectivity index (χ1v) is 8.54. The largest absolute Gasteiger partial charge is 0.497 e. The average molecular weight is 297 g/mol. The van der Waals surface area contributed by atoms with Crippen LogP contribution in [-0.4, -0.2) is 26.8 Å². The summed E-state index contributed by atoms with van der Waals surface area (Å²) >= 11 is 0. The molecular weight excluding hydrogens is 274 g/mol. The van der Waals surface area contributed by atoms with Crippen LogP contribution in [0.15, 0.2) is 29.2 Å². The second-order valence-corrected chi connectivity index (χ2v) is 8.01. The molecule has 0 amide bonds. The summed E-state index contributed by atoms with van der Waals surface area (Å²) in [4.78, 5) is 0.304. The summed E-state index contributed by atoms with van der Waals surface area (Å²) in [7, 11) is -1.89. The van der Waals surface area contributed by atoms with E-state index >= 15 is 0 Å². The second-order valence-electron chi connectivity index (χ2n) is 5.91. The molecule has 4 nitrogen and oxygen atoms in total. The van der Waals surface area contributed by atoms with Crippen LogP contribution in [0.5, 0.6) is 5.75 Å². The van der Waals surface area contributed by atoms with Gasteiger partial charge in [-0.25, -0.2) is 8.42 Å². The van der Waals surface area contributed by atoms with Gasteiger partial charge in [-0.15, -0.1) is 0 Å². The molecule has 5 heteroatoms. The van der Waals surface area contributed by atoms with Gasteiger partial charge in [-0.1, -0.05) is 19.9 Å². The van der Waals surface area contributed by atoms with Gasteiger partial charge in [0.15, 0.2) is 9.84 Å². The van der Waals surface area contributed by atoms with Crippen molar-refractivity contribution in [1.82, 2.24) is 0 Å². The van der Waals surface area contributed by atoms with Gasteiger partial charge in [0.05, 0.1) is 17.3 Å². The Hall–Kier alpha value is -1.07. The minimum Gasteiger partial charge on any atom is -0.497 e. The van der Waals surface area contributed by atoms with Gasteiger partial charge >= 0.3 is 0 Å². The van der Waals surface area contributed by atoms with E-state index in [0.717, 1.165) is 12.8 Å². The summed E-state index contributed by atoms with van der Waals surface area (Å²) in [5.74, 6) is 1.11. The normalized spacial score (nSPS) is 31.0. The number of hydrogen-bond donors (Lipinski definition) is 1. The van der Waals surface area contributed by atoms with Gasteiger partial charge in [0.1, 0.15) is 5.75 Å². The van der Waals surface area contributed by atoms with Crippen molar-refractivity contribution >= 4 is 9.84 Å². The molecule has 0 saturated heterocycles. The Balaban J connectivity index is 2.38. The molecule has 1 aliphatic rings. The third-order valence-corrected chi connectivity index (χ3v) is 6.60. The van der Waals surface area contributed by atoms with Crippen molar-refractivity contribution in [2.75, 3.05) is 7.11 Å². The number of rotatable bonds is 3. The van der Waals surface area contributed by atoms with E-state index in [-0.39, 0.29) is 12.0 Å². The van der Waals surface area contributed by atoms with Crippen LogP contribution in [0.2, 0.25) is 0 Å². The quantitative estimate of drug-likeness (QED) is 0.929. The van der Waals surface area contributed by atoms with Crippen molar-refractivity contribution in [1.29, 1.82) is 0 Å². The Bertz CT molecular complexity index is 558. The van der Waals surface area contributed by atoms with E-state index < -0.39 is 15.1 Å². The fraction of sp³-hybridized carbons (Fsp3) is 0.600. The van der Waals surface area contributed by atoms with Crippen LogP contribution < -0.4 is 10.5 Å². The number of benzene rings is 1. The molecule has 0 spiro atoms. The fourth-order valence-electron chi connectivity index (χ4n) is 3.36. The minimum absolute atomic E-state index is 0.0740. The highest BCUT2D eigenvalue weighted by Gasteiger charge is 2.41. The van der Waals surface area contributed by atoms with Gasteiger partial charge < -0.3 is 10.5 Å². The molecule has 112 valence electrons. The lowest BCUT2D eigenvalue weighted by Gasteiger charge is -2.37. The average Bonchev–Trinajstić information content (AvgIpc) is 2.37. The lowest BCUT2D eigenvalue weighted by molar-refractivity contribution is 0.271. The van der Waals surface area contributed by atoms with Crippen molar-refractivity contribution in [3.05, 3.63) is 24.3 Å². The molecular formula is C15H23NO3S. The molecule has 2 N–H and O–H groups in total. The van der Waals surface area contributed by atoms with Gasteiger partial charge in [-0.3, -0.25) is 0 Å². The van der Waals surface area contributed by atoms with Crippen molar-refractivity contribution in [3.8, 4) is 5.75 Å². The summed E-state index contributed by atoms with van der Waals surface area (Å²) < 4.78 is 30.8. The van der Waals surface area contributed by atoms with Crippen LogP contribution in [0.1, 0.15) is 26.7 Å². The SMILES string of the molecule is COc1cccc(S(=O)(=O)C2C(C)CC(C)CC2N)c1. The topological polar surface area (TPSA) is 69.4 Å². The Morgan fingerprint density at radius 2 is 1.95 bits per heavy atom. The Morgan fingerprint density at radius 1 is 1.25 bits per heavy atom. The van der Waals surface area contributed by atoms with Gasteiger partial charge in [-0.05, 0) is 42.9 Å². The molecule has 0 radical (unpaired) electrons. The molecule has 0 aromatic heterocycles. The minimum atomic E-state index is -3.42. The summed E-state index contributed by atoms with van der Waals surface area (Å²) in [6, 6.07) is 6.34. The van der Waals surface area contributed by atoms with Crippen molar-refractivity contribution in [3.63, 3.8) is 0 Å². The van der Waals surface area contributed by atoms with E-state index in [2.05, 4.69) is 6.92 Å². The molecule has 0 aliphatic heterocycles. The molecule has 1 aromatic carbocycles. The summed E-state index contributed by atoms with van der Waals surface area (Å²) in [6.45, 7) is 4.11. The summed E-state index contributed by atoms with van der Waals surface area (Å²) in [6.07, 6.45) is 1.67. The number of ether oxygens (including phenoxy) is 1. The Morgan fingerprint density at radius 3 is 2.55 bits per heavy atom. The van der Waals surface area contributed by atoms with E-state index in [1.54, 1.807) is 24.3 Å². The number of sulfone groups is 1. The highest BCUT2D eigenvalue weighted by atomic mass is 32.2. The first kappa shape index (κ1) is 15.3. The lowest BCUT2D eigenvalue weighted by atomic mass is 9.80. The van der Waals surface area contributed by atoms with E-state index in [4.69, 9.17) is 10.5 Å². The summed E-state index contributed by atoms with van der Waals surface area (Å²) in [5.41, 5.74) is 6.14. The summed E-state index contributed by atoms with van der Waals surface area (Å²) in [5, 5.41) is -0.509. The van der Waals surface area contributed by atoms with Gasteiger partial charge in [-0.2, -0.15) is 0 Å². The van der Waals surface area contributed by atoms with Gasteiger partial charge in [0.2, 0.25) is 0 Å². The highest BCUT2D eigenvalue weighted by molar-refractivity contribution is 7.92. The second kappa shape index (κ2) is 5.74. The molecule has 1 fully saturated rings. The first-order valence-electron chi connectivity index (χ1n) is 6.99. The number of hydrogen-bond acceptors (Lipinski definition) is 4. The smallest absolute Gasteiger partial charge is 0.183 e. The Kier molecular flexibility index (Phi) is 4.39. The first-order chi connectivity index (χ1) is 9.36. The maximum atomic E-state index is 12.8. The van der Waals surface area contributed by atoms with E-state index in [0.29, 0.717) is 16.6 Å². The van der Waals surface area contributed by atoms with Crippen LogP contribution in [0.25, 0.3) is 0 Å². The lowest BCUT2D eigenvalue weighted by Crippen LogP contribution is -2.49. The van der Waals surface area contributed by atoms with Crippen molar-refractivity contribution < 1.29 is 13.2 Å². The van der Waals surface area contributed by atoms with Crippen LogP contribution in [0, 0.1) is 11.8 Å². The fourth-order valence-corrected chi connectivity index (χ4v) is 5.51. The Labute approximate surface area is 121 Å². The van der Waals surface area contributed by atoms with Gasteiger partial charge in [0, 0.05) is 6.04 Å².